The van der Waals surface area contributed by atoms with Gasteiger partial charge in [0.1, 0.15) is 0 Å². The molecule has 0 N–H and O–H groups in total. The summed E-state index contributed by atoms with van der Waals surface area (Å²) in [7, 11) is -2.11. The Hall–Kier alpha value is -1.38. The second kappa shape index (κ2) is 5.94. The minimum Gasteiger partial charge on any atom is -0.408 e. The lowest BCUT2D eigenvalue weighted by atomic mass is 9.99. The van der Waals surface area contributed by atoms with E-state index in [-0.39, 0.29) is 5.41 Å². The van der Waals surface area contributed by atoms with E-state index in [0.29, 0.717) is 0 Å². The third-order valence-electron chi connectivity index (χ3n) is 3.44. The van der Waals surface area contributed by atoms with E-state index >= 15 is 0 Å². The Morgan fingerprint density at radius 1 is 0.800 bits per heavy atom. The predicted octanol–water partition coefficient (Wildman–Crippen LogP) is 3.44. The van der Waals surface area contributed by atoms with E-state index < -0.39 is 8.32 Å². The van der Waals surface area contributed by atoms with Gasteiger partial charge in [0.05, 0.1) is 0 Å². The molecular weight excluding hydrogens is 260 g/mol. The van der Waals surface area contributed by atoms with Crippen LogP contribution in [0.1, 0.15) is 20.8 Å². The van der Waals surface area contributed by atoms with Crippen molar-refractivity contribution >= 4 is 18.7 Å². The molecule has 2 rings (SSSR count). The van der Waals surface area contributed by atoms with Crippen LogP contribution in [0.3, 0.4) is 0 Å². The number of benzene rings is 2. The molecule has 0 aliphatic rings. The SMILES string of the molecule is CC(C)(C)CO[Si](C)(c1ccccc1)c1ccccc1. The molecule has 2 aromatic carbocycles. The van der Waals surface area contributed by atoms with Crippen molar-refractivity contribution in [3.8, 4) is 0 Å². The van der Waals surface area contributed by atoms with Crippen LogP contribution in [0.15, 0.2) is 60.7 Å². The van der Waals surface area contributed by atoms with Crippen LogP contribution in [0.2, 0.25) is 6.55 Å². The molecule has 0 aromatic heterocycles. The summed E-state index contributed by atoms with van der Waals surface area (Å²) >= 11 is 0. The zero-order valence-electron chi connectivity index (χ0n) is 12.9. The lowest BCUT2D eigenvalue weighted by Crippen LogP contribution is -2.59. The Morgan fingerprint density at radius 2 is 1.20 bits per heavy atom. The molecule has 0 aliphatic heterocycles. The van der Waals surface area contributed by atoms with Gasteiger partial charge in [-0.3, -0.25) is 0 Å². The van der Waals surface area contributed by atoms with Crippen molar-refractivity contribution in [2.45, 2.75) is 27.3 Å². The smallest absolute Gasteiger partial charge is 0.252 e. The zero-order chi connectivity index (χ0) is 14.6. The Morgan fingerprint density at radius 3 is 1.55 bits per heavy atom. The maximum Gasteiger partial charge on any atom is 0.252 e. The van der Waals surface area contributed by atoms with Crippen molar-refractivity contribution in [1.82, 2.24) is 0 Å². The average Bonchev–Trinajstić information content (AvgIpc) is 2.46. The Labute approximate surface area is 123 Å². The fourth-order valence-corrected chi connectivity index (χ4v) is 5.25. The molecule has 0 unspecified atom stereocenters. The summed E-state index contributed by atoms with van der Waals surface area (Å²) in [5.74, 6) is 0. The predicted molar refractivity (Wildman–Crippen MR) is 89.2 cm³/mol. The van der Waals surface area contributed by atoms with E-state index in [9.17, 15) is 0 Å². The molecule has 0 heterocycles. The molecule has 0 bridgehead atoms. The van der Waals surface area contributed by atoms with Crippen molar-refractivity contribution in [2.75, 3.05) is 6.61 Å². The second-order valence-electron chi connectivity index (χ2n) is 6.61. The maximum atomic E-state index is 6.51. The van der Waals surface area contributed by atoms with Crippen molar-refractivity contribution in [3.05, 3.63) is 60.7 Å². The highest BCUT2D eigenvalue weighted by atomic mass is 28.4. The van der Waals surface area contributed by atoms with Gasteiger partial charge in [-0.1, -0.05) is 81.4 Å². The van der Waals surface area contributed by atoms with Crippen LogP contribution < -0.4 is 10.4 Å². The molecule has 0 atom stereocenters. The fraction of sp³-hybridized carbons (Fsp3) is 0.333. The topological polar surface area (TPSA) is 9.23 Å². The molecule has 20 heavy (non-hydrogen) atoms. The minimum atomic E-state index is -2.11. The van der Waals surface area contributed by atoms with E-state index in [1.807, 2.05) is 0 Å². The molecule has 0 fully saturated rings. The summed E-state index contributed by atoms with van der Waals surface area (Å²) in [6, 6.07) is 21.3. The standard InChI is InChI=1S/C18H24OSi/c1-18(2,3)15-19-20(4,16-11-7-5-8-12-16)17-13-9-6-10-14-17/h5-14H,15H2,1-4H3. The van der Waals surface area contributed by atoms with Gasteiger partial charge in [-0.15, -0.1) is 0 Å². The van der Waals surface area contributed by atoms with Gasteiger partial charge in [0.15, 0.2) is 0 Å². The van der Waals surface area contributed by atoms with Gasteiger partial charge in [-0.05, 0) is 22.3 Å². The maximum absolute atomic E-state index is 6.51. The Kier molecular flexibility index (Phi) is 4.46. The summed E-state index contributed by atoms with van der Waals surface area (Å²) in [4.78, 5) is 0. The molecule has 0 aliphatic carbocycles. The normalized spacial score (nSPS) is 12.4. The fourth-order valence-electron chi connectivity index (χ4n) is 2.21. The highest BCUT2D eigenvalue weighted by Crippen LogP contribution is 2.17. The molecule has 0 radical (unpaired) electrons. The van der Waals surface area contributed by atoms with Crippen LogP contribution in [0.25, 0.3) is 0 Å². The second-order valence-corrected chi connectivity index (χ2v) is 10.1. The lowest BCUT2D eigenvalue weighted by molar-refractivity contribution is 0.196. The lowest BCUT2D eigenvalue weighted by Gasteiger charge is -2.32. The van der Waals surface area contributed by atoms with Crippen LogP contribution in [0.5, 0.6) is 0 Å². The van der Waals surface area contributed by atoms with Gasteiger partial charge in [-0.2, -0.15) is 0 Å². The highest BCUT2D eigenvalue weighted by molar-refractivity contribution is 6.96. The highest BCUT2D eigenvalue weighted by Gasteiger charge is 2.35. The van der Waals surface area contributed by atoms with Crippen LogP contribution >= 0.6 is 0 Å². The molecule has 2 aromatic rings. The summed E-state index contributed by atoms with van der Waals surface area (Å²) < 4.78 is 6.51. The largest absolute Gasteiger partial charge is 0.408 e. The number of hydrogen-bond donors (Lipinski definition) is 0. The van der Waals surface area contributed by atoms with E-state index in [0.717, 1.165) is 6.61 Å². The summed E-state index contributed by atoms with van der Waals surface area (Å²) in [5.41, 5.74) is 0.178. The van der Waals surface area contributed by atoms with Gasteiger partial charge in [0.25, 0.3) is 8.32 Å². The third kappa shape index (κ3) is 3.59. The average molecular weight is 284 g/mol. The van der Waals surface area contributed by atoms with Crippen LogP contribution in [-0.4, -0.2) is 14.9 Å². The van der Waals surface area contributed by atoms with Crippen molar-refractivity contribution in [3.63, 3.8) is 0 Å². The van der Waals surface area contributed by atoms with Gasteiger partial charge in [-0.25, -0.2) is 0 Å². The number of hydrogen-bond acceptors (Lipinski definition) is 1. The molecule has 0 amide bonds. The first-order chi connectivity index (χ1) is 9.42. The summed E-state index contributed by atoms with van der Waals surface area (Å²) in [6.45, 7) is 9.73. The molecule has 106 valence electrons. The zero-order valence-corrected chi connectivity index (χ0v) is 13.9. The van der Waals surface area contributed by atoms with E-state index in [2.05, 4.69) is 88.0 Å². The first kappa shape index (κ1) is 15.0. The third-order valence-corrected chi connectivity index (χ3v) is 7.03. The van der Waals surface area contributed by atoms with E-state index in [4.69, 9.17) is 4.43 Å². The van der Waals surface area contributed by atoms with Crippen molar-refractivity contribution in [1.29, 1.82) is 0 Å². The molecule has 0 saturated heterocycles. The molecular formula is C18H24OSi. The van der Waals surface area contributed by atoms with Crippen LogP contribution in [0, 0.1) is 5.41 Å². The van der Waals surface area contributed by atoms with Crippen molar-refractivity contribution in [2.24, 2.45) is 5.41 Å². The van der Waals surface area contributed by atoms with Crippen LogP contribution in [-0.2, 0) is 4.43 Å². The molecule has 0 spiro atoms. The quantitative estimate of drug-likeness (QED) is 0.782. The van der Waals surface area contributed by atoms with Crippen LogP contribution in [0.4, 0.5) is 0 Å². The van der Waals surface area contributed by atoms with E-state index in [1.165, 1.54) is 10.4 Å². The molecule has 1 nitrogen and oxygen atoms in total. The van der Waals surface area contributed by atoms with Gasteiger partial charge >= 0.3 is 0 Å². The Bertz CT molecular complexity index is 489. The Balaban J connectivity index is 2.39. The van der Waals surface area contributed by atoms with Gasteiger partial charge < -0.3 is 4.43 Å². The van der Waals surface area contributed by atoms with E-state index in [1.54, 1.807) is 0 Å². The minimum absolute atomic E-state index is 0.178. The summed E-state index contributed by atoms with van der Waals surface area (Å²) in [5, 5.41) is 2.66. The number of rotatable bonds is 4. The first-order valence-electron chi connectivity index (χ1n) is 7.17. The van der Waals surface area contributed by atoms with Gasteiger partial charge in [0, 0.05) is 6.61 Å². The monoisotopic (exact) mass is 284 g/mol. The van der Waals surface area contributed by atoms with Gasteiger partial charge in [0.2, 0.25) is 0 Å². The summed E-state index contributed by atoms with van der Waals surface area (Å²) in [6.07, 6.45) is 0. The van der Waals surface area contributed by atoms with Crippen molar-refractivity contribution < 1.29 is 4.43 Å². The molecule has 0 saturated carbocycles. The molecule has 2 heteroatoms. The first-order valence-corrected chi connectivity index (χ1v) is 9.58.